The van der Waals surface area contributed by atoms with Crippen LogP contribution in [0.15, 0.2) is 35.5 Å². The Morgan fingerprint density at radius 2 is 1.31 bits per heavy atom. The standard InChI is InChI=1S/C14H24O2/c1-11(2)12(3)9-7-8-10-13(4)14(15-5)16-6/h7-11,14H,1-6H3/b8-7+,12-9?,13-10?. The van der Waals surface area contributed by atoms with Crippen LogP contribution in [0.4, 0.5) is 0 Å². The zero-order valence-electron chi connectivity index (χ0n) is 11.3. The number of methoxy groups -OCH3 is 2. The third-order valence-corrected chi connectivity index (χ3v) is 2.54. The third-order valence-electron chi connectivity index (χ3n) is 2.54. The van der Waals surface area contributed by atoms with Gasteiger partial charge in [0.15, 0.2) is 6.29 Å². The van der Waals surface area contributed by atoms with Crippen LogP contribution in [-0.4, -0.2) is 20.5 Å². The van der Waals surface area contributed by atoms with Crippen molar-refractivity contribution < 1.29 is 9.47 Å². The van der Waals surface area contributed by atoms with Crippen molar-refractivity contribution in [3.8, 4) is 0 Å². The summed E-state index contributed by atoms with van der Waals surface area (Å²) in [5, 5.41) is 0. The van der Waals surface area contributed by atoms with Gasteiger partial charge >= 0.3 is 0 Å². The van der Waals surface area contributed by atoms with Gasteiger partial charge in [0, 0.05) is 14.2 Å². The lowest BCUT2D eigenvalue weighted by Crippen LogP contribution is -2.13. The highest BCUT2D eigenvalue weighted by molar-refractivity contribution is 5.19. The Kier molecular flexibility index (Phi) is 7.86. The Morgan fingerprint density at radius 1 is 0.875 bits per heavy atom. The average Bonchev–Trinajstić information content (AvgIpc) is 2.25. The second-order valence-corrected chi connectivity index (χ2v) is 4.16. The molecule has 0 aliphatic carbocycles. The minimum atomic E-state index is -0.250. The molecule has 0 aromatic rings. The van der Waals surface area contributed by atoms with E-state index in [0.29, 0.717) is 5.92 Å². The Balaban J connectivity index is 4.36. The first kappa shape index (κ1) is 15.1. The summed E-state index contributed by atoms with van der Waals surface area (Å²) in [6.07, 6.45) is 7.93. The molecule has 0 atom stereocenters. The maximum absolute atomic E-state index is 5.14. The molecule has 0 amide bonds. The van der Waals surface area contributed by atoms with Crippen molar-refractivity contribution in [2.45, 2.75) is 34.0 Å². The zero-order chi connectivity index (χ0) is 12.6. The molecule has 0 aliphatic rings. The highest BCUT2D eigenvalue weighted by Gasteiger charge is 2.04. The molecule has 0 saturated carbocycles. The molecule has 0 aromatic carbocycles. The summed E-state index contributed by atoms with van der Waals surface area (Å²) in [7, 11) is 3.27. The summed E-state index contributed by atoms with van der Waals surface area (Å²) in [6, 6.07) is 0. The van der Waals surface area contributed by atoms with Gasteiger partial charge < -0.3 is 9.47 Å². The van der Waals surface area contributed by atoms with E-state index in [1.807, 2.05) is 25.2 Å². The quantitative estimate of drug-likeness (QED) is 0.506. The van der Waals surface area contributed by atoms with Crippen LogP contribution in [0.2, 0.25) is 0 Å². The zero-order valence-corrected chi connectivity index (χ0v) is 11.3. The topological polar surface area (TPSA) is 18.5 Å². The van der Waals surface area contributed by atoms with E-state index in [-0.39, 0.29) is 6.29 Å². The summed E-state index contributed by atoms with van der Waals surface area (Å²) in [6.45, 7) is 8.50. The number of rotatable bonds is 6. The first-order chi connectivity index (χ1) is 7.52. The van der Waals surface area contributed by atoms with E-state index in [0.717, 1.165) is 5.57 Å². The molecule has 0 heterocycles. The highest BCUT2D eigenvalue weighted by Crippen LogP contribution is 2.08. The van der Waals surface area contributed by atoms with Crippen molar-refractivity contribution in [3.63, 3.8) is 0 Å². The molecule has 0 aliphatic heterocycles. The fraction of sp³-hybridized carbons (Fsp3) is 0.571. The van der Waals surface area contributed by atoms with E-state index in [1.165, 1.54) is 5.57 Å². The second-order valence-electron chi connectivity index (χ2n) is 4.16. The van der Waals surface area contributed by atoms with Gasteiger partial charge in [0.05, 0.1) is 0 Å². The fourth-order valence-corrected chi connectivity index (χ4v) is 1.15. The number of hydrogen-bond acceptors (Lipinski definition) is 2. The van der Waals surface area contributed by atoms with E-state index in [4.69, 9.17) is 9.47 Å². The van der Waals surface area contributed by atoms with Crippen molar-refractivity contribution in [2.75, 3.05) is 14.2 Å². The molecule has 2 heteroatoms. The van der Waals surface area contributed by atoms with E-state index in [9.17, 15) is 0 Å². The summed E-state index contributed by atoms with van der Waals surface area (Å²) in [5.41, 5.74) is 2.43. The third kappa shape index (κ3) is 5.89. The average molecular weight is 224 g/mol. The summed E-state index contributed by atoms with van der Waals surface area (Å²) < 4.78 is 10.3. The summed E-state index contributed by atoms with van der Waals surface area (Å²) >= 11 is 0. The molecule has 0 N–H and O–H groups in total. The van der Waals surface area contributed by atoms with Crippen LogP contribution >= 0.6 is 0 Å². The van der Waals surface area contributed by atoms with E-state index >= 15 is 0 Å². The van der Waals surface area contributed by atoms with Crippen LogP contribution in [0.25, 0.3) is 0 Å². The maximum Gasteiger partial charge on any atom is 0.179 e. The van der Waals surface area contributed by atoms with Gasteiger partial charge in [-0.2, -0.15) is 0 Å². The van der Waals surface area contributed by atoms with E-state index in [1.54, 1.807) is 14.2 Å². The smallest absolute Gasteiger partial charge is 0.179 e. The van der Waals surface area contributed by atoms with Gasteiger partial charge in [-0.3, -0.25) is 0 Å². The first-order valence-electron chi connectivity index (χ1n) is 5.60. The van der Waals surface area contributed by atoms with Crippen LogP contribution < -0.4 is 0 Å². The summed E-state index contributed by atoms with van der Waals surface area (Å²) in [5.74, 6) is 0.598. The van der Waals surface area contributed by atoms with Gasteiger partial charge in [0.1, 0.15) is 0 Å². The Bertz CT molecular complexity index is 268. The molecule has 0 unspecified atom stereocenters. The van der Waals surface area contributed by atoms with Crippen molar-refractivity contribution in [1.82, 2.24) is 0 Å². The second kappa shape index (κ2) is 8.31. The molecule has 0 fully saturated rings. The van der Waals surface area contributed by atoms with Gasteiger partial charge in [-0.15, -0.1) is 0 Å². The first-order valence-corrected chi connectivity index (χ1v) is 5.60. The lowest BCUT2D eigenvalue weighted by molar-refractivity contribution is -0.0746. The normalized spacial score (nSPS) is 14.5. The lowest BCUT2D eigenvalue weighted by atomic mass is 10.1. The van der Waals surface area contributed by atoms with E-state index < -0.39 is 0 Å². The molecule has 0 bridgehead atoms. The molecule has 0 aromatic heterocycles. The number of ether oxygens (including phenoxy) is 2. The molecule has 0 rings (SSSR count). The molecule has 16 heavy (non-hydrogen) atoms. The Morgan fingerprint density at radius 3 is 1.69 bits per heavy atom. The highest BCUT2D eigenvalue weighted by atomic mass is 16.7. The van der Waals surface area contributed by atoms with Crippen molar-refractivity contribution in [1.29, 1.82) is 0 Å². The fourth-order valence-electron chi connectivity index (χ4n) is 1.15. The largest absolute Gasteiger partial charge is 0.352 e. The molecule has 2 nitrogen and oxygen atoms in total. The monoisotopic (exact) mass is 224 g/mol. The minimum Gasteiger partial charge on any atom is -0.352 e. The molecule has 0 spiro atoms. The van der Waals surface area contributed by atoms with Crippen molar-refractivity contribution in [2.24, 2.45) is 5.92 Å². The van der Waals surface area contributed by atoms with Gasteiger partial charge in [-0.1, -0.05) is 43.7 Å². The lowest BCUT2D eigenvalue weighted by Gasteiger charge is -2.12. The van der Waals surface area contributed by atoms with Crippen LogP contribution in [0.1, 0.15) is 27.7 Å². The number of hydrogen-bond donors (Lipinski definition) is 0. The van der Waals surface area contributed by atoms with Gasteiger partial charge in [-0.25, -0.2) is 0 Å². The Labute approximate surface area is 99.6 Å². The molecular formula is C14H24O2. The maximum atomic E-state index is 5.14. The van der Waals surface area contributed by atoms with Crippen LogP contribution in [0, 0.1) is 5.92 Å². The molecule has 0 saturated heterocycles. The minimum absolute atomic E-state index is 0.250. The predicted molar refractivity (Wildman–Crippen MR) is 69.3 cm³/mol. The molecular weight excluding hydrogens is 200 g/mol. The Hall–Kier alpha value is -0.860. The van der Waals surface area contributed by atoms with Gasteiger partial charge in [0.25, 0.3) is 0 Å². The van der Waals surface area contributed by atoms with Gasteiger partial charge in [0.2, 0.25) is 0 Å². The molecule has 92 valence electrons. The van der Waals surface area contributed by atoms with Crippen LogP contribution in [0.5, 0.6) is 0 Å². The van der Waals surface area contributed by atoms with Crippen LogP contribution in [-0.2, 0) is 9.47 Å². The predicted octanol–water partition coefficient (Wildman–Crippen LogP) is 3.71. The number of allylic oxidation sites excluding steroid dienone is 5. The van der Waals surface area contributed by atoms with Crippen molar-refractivity contribution >= 4 is 0 Å². The summed E-state index contributed by atoms with van der Waals surface area (Å²) in [4.78, 5) is 0. The van der Waals surface area contributed by atoms with Crippen molar-refractivity contribution in [3.05, 3.63) is 35.5 Å². The molecule has 0 radical (unpaired) electrons. The van der Waals surface area contributed by atoms with Crippen LogP contribution in [0.3, 0.4) is 0 Å². The van der Waals surface area contributed by atoms with E-state index in [2.05, 4.69) is 26.8 Å². The van der Waals surface area contributed by atoms with Gasteiger partial charge in [-0.05, 0) is 25.3 Å². The SMILES string of the molecule is COC(OC)C(C)=C/C=C/C=C(C)C(C)C.